The molecule has 0 heterocycles. The quantitative estimate of drug-likeness (QED) is 0.702. The molecule has 0 aliphatic heterocycles. The van der Waals surface area contributed by atoms with Gasteiger partial charge in [-0.2, -0.15) is 5.26 Å². The smallest absolute Gasteiger partial charge is 0.257 e. The minimum absolute atomic E-state index is 0.293. The molecule has 0 spiro atoms. The maximum Gasteiger partial charge on any atom is 0.257 e. The maximum atomic E-state index is 12.5. The lowest BCUT2D eigenvalue weighted by molar-refractivity contribution is 0.0973. The average molecular weight is 432 g/mol. The molecule has 0 aliphatic rings. The highest BCUT2D eigenvalue weighted by Crippen LogP contribution is 2.25. The Morgan fingerprint density at radius 2 is 2.04 bits per heavy atom. The average Bonchev–Trinajstić information content (AvgIpc) is 2.65. The zero-order valence-corrected chi connectivity index (χ0v) is 16.6. The topological polar surface area (TPSA) is 65.4 Å². The SMILES string of the molecule is COc1ccc(C(=O)NC(=S)N(CCC#N)Cc2ccccc2)cc1Br. The predicted octanol–water partition coefficient (Wildman–Crippen LogP) is 3.89. The van der Waals surface area contributed by atoms with E-state index in [0.717, 1.165) is 5.56 Å². The van der Waals surface area contributed by atoms with Gasteiger partial charge in [0.05, 0.1) is 24.1 Å². The summed E-state index contributed by atoms with van der Waals surface area (Å²) in [6.07, 6.45) is 0.316. The fourth-order valence-corrected chi connectivity index (χ4v) is 3.09. The number of thiocarbonyl (C=S) groups is 1. The maximum absolute atomic E-state index is 12.5. The van der Waals surface area contributed by atoms with Gasteiger partial charge in [0.25, 0.3) is 5.91 Å². The first-order chi connectivity index (χ1) is 12.5. The zero-order valence-electron chi connectivity index (χ0n) is 14.2. The number of rotatable bonds is 6. The van der Waals surface area contributed by atoms with Gasteiger partial charge in [-0.25, -0.2) is 0 Å². The molecule has 2 rings (SSSR count). The number of hydrogen-bond donors (Lipinski definition) is 1. The van der Waals surface area contributed by atoms with Crippen molar-refractivity contribution in [3.05, 3.63) is 64.1 Å². The van der Waals surface area contributed by atoms with Gasteiger partial charge in [0.2, 0.25) is 0 Å². The second-order valence-corrected chi connectivity index (χ2v) is 6.66. The third kappa shape index (κ3) is 5.55. The number of ether oxygens (including phenoxy) is 1. The van der Waals surface area contributed by atoms with Crippen molar-refractivity contribution >= 4 is 39.2 Å². The Kier molecular flexibility index (Phi) is 7.57. The summed E-state index contributed by atoms with van der Waals surface area (Å²) in [4.78, 5) is 14.3. The van der Waals surface area contributed by atoms with E-state index < -0.39 is 0 Å². The van der Waals surface area contributed by atoms with Crippen LogP contribution in [0.1, 0.15) is 22.3 Å². The standard InChI is InChI=1S/C19H18BrN3O2S/c1-25-17-9-8-15(12-16(17)20)18(24)22-19(26)23(11-5-10-21)13-14-6-3-2-4-7-14/h2-4,6-9,12H,5,11,13H2,1H3,(H,22,24,26). The Hall–Kier alpha value is -2.43. The summed E-state index contributed by atoms with van der Waals surface area (Å²) in [5.41, 5.74) is 1.51. The first-order valence-electron chi connectivity index (χ1n) is 7.90. The van der Waals surface area contributed by atoms with E-state index in [9.17, 15) is 4.79 Å². The Labute approximate surface area is 166 Å². The van der Waals surface area contributed by atoms with Gasteiger partial charge >= 0.3 is 0 Å². The number of amides is 1. The Morgan fingerprint density at radius 1 is 1.31 bits per heavy atom. The molecule has 26 heavy (non-hydrogen) atoms. The van der Waals surface area contributed by atoms with E-state index in [1.165, 1.54) is 0 Å². The summed E-state index contributed by atoms with van der Waals surface area (Å²) in [7, 11) is 1.56. The molecule has 0 radical (unpaired) electrons. The molecule has 0 fully saturated rings. The molecule has 0 aromatic heterocycles. The number of benzene rings is 2. The number of methoxy groups -OCH3 is 1. The van der Waals surface area contributed by atoms with Gasteiger partial charge in [-0.1, -0.05) is 30.3 Å². The van der Waals surface area contributed by atoms with E-state index in [4.69, 9.17) is 22.2 Å². The molecule has 0 unspecified atom stereocenters. The normalized spacial score (nSPS) is 9.88. The first kappa shape index (κ1) is 19.9. The molecule has 1 N–H and O–H groups in total. The van der Waals surface area contributed by atoms with Gasteiger partial charge in [0.15, 0.2) is 5.11 Å². The van der Waals surface area contributed by atoms with Crippen molar-refractivity contribution in [2.24, 2.45) is 0 Å². The third-order valence-electron chi connectivity index (χ3n) is 3.63. The highest BCUT2D eigenvalue weighted by molar-refractivity contribution is 9.10. The Balaban J connectivity index is 2.09. The van der Waals surface area contributed by atoms with Crippen LogP contribution in [0, 0.1) is 11.3 Å². The molecule has 0 bridgehead atoms. The van der Waals surface area contributed by atoms with Gasteiger partial charge in [0.1, 0.15) is 5.75 Å². The second kappa shape index (κ2) is 9.90. The number of nitrogens with zero attached hydrogens (tertiary/aromatic N) is 2. The molecule has 2 aromatic carbocycles. The van der Waals surface area contributed by atoms with E-state index in [2.05, 4.69) is 27.3 Å². The van der Waals surface area contributed by atoms with Crippen LogP contribution in [0.4, 0.5) is 0 Å². The van der Waals surface area contributed by atoms with Gasteiger partial charge in [0, 0.05) is 18.7 Å². The molecule has 0 saturated carbocycles. The summed E-state index contributed by atoms with van der Waals surface area (Å²) < 4.78 is 5.85. The lowest BCUT2D eigenvalue weighted by Crippen LogP contribution is -2.42. The molecule has 0 saturated heterocycles. The molecule has 2 aromatic rings. The molecule has 1 amide bonds. The lowest BCUT2D eigenvalue weighted by Gasteiger charge is -2.24. The summed E-state index contributed by atoms with van der Waals surface area (Å²) in [5, 5.41) is 11.9. The zero-order chi connectivity index (χ0) is 18.9. The summed E-state index contributed by atoms with van der Waals surface area (Å²) in [5.74, 6) is 0.331. The molecule has 0 atom stereocenters. The van der Waals surface area contributed by atoms with Crippen LogP contribution >= 0.6 is 28.1 Å². The number of halogens is 1. The van der Waals surface area contributed by atoms with E-state index in [1.54, 1.807) is 25.3 Å². The number of nitrogens with one attached hydrogen (secondary N) is 1. The Morgan fingerprint density at radius 3 is 2.65 bits per heavy atom. The highest BCUT2D eigenvalue weighted by Gasteiger charge is 2.15. The fraction of sp³-hybridized carbons (Fsp3) is 0.211. The highest BCUT2D eigenvalue weighted by atomic mass is 79.9. The molecular weight excluding hydrogens is 414 g/mol. The third-order valence-corrected chi connectivity index (χ3v) is 4.61. The van der Waals surface area contributed by atoms with Crippen molar-refractivity contribution in [1.29, 1.82) is 5.26 Å². The number of hydrogen-bond acceptors (Lipinski definition) is 4. The van der Waals surface area contributed by atoms with Gasteiger partial charge in [-0.05, 0) is 51.9 Å². The van der Waals surface area contributed by atoms with E-state index in [0.29, 0.717) is 40.4 Å². The molecule has 0 aliphatic carbocycles. The fourth-order valence-electron chi connectivity index (χ4n) is 2.30. The molecule has 134 valence electrons. The van der Waals surface area contributed by atoms with Crippen LogP contribution in [0.25, 0.3) is 0 Å². The number of nitriles is 1. The summed E-state index contributed by atoms with van der Waals surface area (Å²) in [6.45, 7) is 0.963. The van der Waals surface area contributed by atoms with Crippen molar-refractivity contribution in [1.82, 2.24) is 10.2 Å². The van der Waals surface area contributed by atoms with Crippen LogP contribution in [-0.2, 0) is 6.54 Å². The van der Waals surface area contributed by atoms with Crippen LogP contribution in [0.2, 0.25) is 0 Å². The van der Waals surface area contributed by atoms with Crippen LogP contribution in [0.3, 0.4) is 0 Å². The van der Waals surface area contributed by atoms with Crippen LogP contribution in [-0.4, -0.2) is 29.6 Å². The minimum atomic E-state index is -0.312. The molecule has 7 heteroatoms. The van der Waals surface area contributed by atoms with Crippen LogP contribution in [0.15, 0.2) is 53.0 Å². The van der Waals surface area contributed by atoms with Crippen molar-refractivity contribution < 1.29 is 9.53 Å². The molecule has 5 nitrogen and oxygen atoms in total. The summed E-state index contributed by atoms with van der Waals surface area (Å²) in [6, 6.07) is 16.9. The second-order valence-electron chi connectivity index (χ2n) is 5.42. The van der Waals surface area contributed by atoms with E-state index in [1.807, 2.05) is 35.2 Å². The minimum Gasteiger partial charge on any atom is -0.496 e. The largest absolute Gasteiger partial charge is 0.496 e. The van der Waals surface area contributed by atoms with Crippen molar-refractivity contribution in [3.63, 3.8) is 0 Å². The van der Waals surface area contributed by atoms with Gasteiger partial charge in [-0.3, -0.25) is 10.1 Å². The van der Waals surface area contributed by atoms with Gasteiger partial charge in [-0.15, -0.1) is 0 Å². The first-order valence-corrected chi connectivity index (χ1v) is 9.10. The molecular formula is C19H18BrN3O2S. The number of carbonyl (C=O) groups is 1. The van der Waals surface area contributed by atoms with Gasteiger partial charge < -0.3 is 9.64 Å². The van der Waals surface area contributed by atoms with E-state index in [-0.39, 0.29) is 5.91 Å². The van der Waals surface area contributed by atoms with E-state index >= 15 is 0 Å². The Bertz CT molecular complexity index is 821. The summed E-state index contributed by atoms with van der Waals surface area (Å²) >= 11 is 8.76. The predicted molar refractivity (Wildman–Crippen MR) is 108 cm³/mol. The number of carbonyl (C=O) groups excluding carboxylic acids is 1. The van der Waals surface area contributed by atoms with Crippen molar-refractivity contribution in [2.45, 2.75) is 13.0 Å². The lowest BCUT2D eigenvalue weighted by atomic mass is 10.2. The van der Waals surface area contributed by atoms with Crippen molar-refractivity contribution in [2.75, 3.05) is 13.7 Å². The van der Waals surface area contributed by atoms with Crippen LogP contribution < -0.4 is 10.1 Å². The van der Waals surface area contributed by atoms with Crippen LogP contribution in [0.5, 0.6) is 5.75 Å². The van der Waals surface area contributed by atoms with Crippen molar-refractivity contribution in [3.8, 4) is 11.8 Å². The monoisotopic (exact) mass is 431 g/mol.